The van der Waals surface area contributed by atoms with Gasteiger partial charge in [-0.25, -0.2) is 4.39 Å². The van der Waals surface area contributed by atoms with Crippen LogP contribution in [0.25, 0.3) is 0 Å². The summed E-state index contributed by atoms with van der Waals surface area (Å²) < 4.78 is 19.4. The molecule has 100 valence electrons. The van der Waals surface area contributed by atoms with Crippen molar-refractivity contribution in [3.05, 3.63) is 52.0 Å². The Bertz CT molecular complexity index is 777. The smallest absolute Gasteiger partial charge is 0.166 e. The Labute approximate surface area is 119 Å². The average Bonchev–Trinajstić information content (AvgIpc) is 2.41. The molecule has 0 radical (unpaired) electrons. The fraction of sp³-hybridized carbons (Fsp3) is 0.0714. The number of aromatic nitrogens is 1. The third-order valence-electron chi connectivity index (χ3n) is 2.59. The van der Waals surface area contributed by atoms with Gasteiger partial charge in [0.2, 0.25) is 0 Å². The maximum atomic E-state index is 13.8. The Balaban J connectivity index is 2.41. The predicted molar refractivity (Wildman–Crippen MR) is 72.8 cm³/mol. The lowest BCUT2D eigenvalue weighted by Gasteiger charge is -2.08. The number of H-pyrrole nitrogens is 1. The number of nitrogens with zero attached hydrogens (tertiary/aromatic N) is 1. The standard InChI is InChI=1S/C14H9FN2O2S/c1-8(18)9-2-3-13(11(15)6-9)19-12-4-5-17-14(20)10(12)7-16/h2-6H,1H3,(H,17,20). The number of benzene rings is 1. The second-order valence-electron chi connectivity index (χ2n) is 3.96. The molecule has 6 heteroatoms. The molecule has 0 saturated heterocycles. The first-order chi connectivity index (χ1) is 9.52. The normalized spacial score (nSPS) is 9.85. The Kier molecular flexibility index (Phi) is 3.91. The number of hydrogen-bond donors (Lipinski definition) is 1. The monoisotopic (exact) mass is 288 g/mol. The molecule has 1 N–H and O–H groups in total. The quantitative estimate of drug-likeness (QED) is 0.690. The van der Waals surface area contributed by atoms with Gasteiger partial charge in [-0.05, 0) is 31.2 Å². The van der Waals surface area contributed by atoms with Crippen molar-refractivity contribution >= 4 is 18.0 Å². The molecule has 1 aromatic carbocycles. The van der Waals surface area contributed by atoms with Crippen LogP contribution in [0.15, 0.2) is 30.5 Å². The largest absolute Gasteiger partial charge is 0.453 e. The van der Waals surface area contributed by atoms with Crippen LogP contribution in [0, 0.1) is 21.8 Å². The number of nitriles is 1. The lowest BCUT2D eigenvalue weighted by atomic mass is 10.1. The minimum Gasteiger partial charge on any atom is -0.453 e. The van der Waals surface area contributed by atoms with Crippen molar-refractivity contribution in [2.45, 2.75) is 6.92 Å². The highest BCUT2D eigenvalue weighted by Gasteiger charge is 2.11. The van der Waals surface area contributed by atoms with Crippen LogP contribution < -0.4 is 4.74 Å². The summed E-state index contributed by atoms with van der Waals surface area (Å²) in [5.41, 5.74) is 0.373. The molecule has 2 aromatic rings. The maximum absolute atomic E-state index is 13.8. The molecule has 2 rings (SSSR count). The molecule has 0 amide bonds. The van der Waals surface area contributed by atoms with E-state index in [2.05, 4.69) is 4.98 Å². The molecule has 0 fully saturated rings. The zero-order valence-corrected chi connectivity index (χ0v) is 11.3. The second kappa shape index (κ2) is 5.63. The fourth-order valence-corrected chi connectivity index (χ4v) is 1.79. The first-order valence-corrected chi connectivity index (χ1v) is 6.04. The number of pyridine rings is 1. The van der Waals surface area contributed by atoms with Crippen molar-refractivity contribution in [3.63, 3.8) is 0 Å². The molecule has 1 aromatic heterocycles. The molecule has 1 heterocycles. The number of ether oxygens (including phenoxy) is 1. The number of rotatable bonds is 3. The Morgan fingerprint density at radius 2 is 2.15 bits per heavy atom. The molecule has 0 saturated carbocycles. The van der Waals surface area contributed by atoms with E-state index in [-0.39, 0.29) is 33.0 Å². The molecular formula is C14H9FN2O2S. The Hall–Kier alpha value is -2.52. The topological polar surface area (TPSA) is 65.9 Å². The molecule has 0 unspecified atom stereocenters. The van der Waals surface area contributed by atoms with Gasteiger partial charge in [-0.3, -0.25) is 4.79 Å². The Morgan fingerprint density at radius 1 is 1.40 bits per heavy atom. The third-order valence-corrected chi connectivity index (χ3v) is 2.91. The van der Waals surface area contributed by atoms with E-state index in [9.17, 15) is 9.18 Å². The Morgan fingerprint density at radius 3 is 2.75 bits per heavy atom. The zero-order chi connectivity index (χ0) is 14.7. The number of nitrogens with one attached hydrogen (secondary N) is 1. The summed E-state index contributed by atoms with van der Waals surface area (Å²) >= 11 is 4.95. The number of carbonyl (C=O) groups is 1. The number of Topliss-reactive ketones (excluding diaryl/α,β-unsaturated/α-hetero) is 1. The van der Waals surface area contributed by atoms with Crippen molar-refractivity contribution < 1.29 is 13.9 Å². The van der Waals surface area contributed by atoms with Crippen LogP contribution >= 0.6 is 12.2 Å². The van der Waals surface area contributed by atoms with E-state index in [1.165, 1.54) is 31.3 Å². The van der Waals surface area contributed by atoms with E-state index in [0.717, 1.165) is 6.07 Å². The summed E-state index contributed by atoms with van der Waals surface area (Å²) in [6, 6.07) is 7.26. The van der Waals surface area contributed by atoms with Gasteiger partial charge < -0.3 is 9.72 Å². The van der Waals surface area contributed by atoms with Crippen LogP contribution in [0.1, 0.15) is 22.8 Å². The minimum absolute atomic E-state index is 0.0768. The molecule has 0 spiro atoms. The lowest BCUT2D eigenvalue weighted by molar-refractivity contribution is 0.101. The second-order valence-corrected chi connectivity index (χ2v) is 4.37. The first-order valence-electron chi connectivity index (χ1n) is 5.63. The van der Waals surface area contributed by atoms with Gasteiger partial charge in [-0.15, -0.1) is 0 Å². The van der Waals surface area contributed by atoms with Gasteiger partial charge in [0.05, 0.1) is 0 Å². The average molecular weight is 288 g/mol. The van der Waals surface area contributed by atoms with Crippen molar-refractivity contribution in [3.8, 4) is 17.6 Å². The number of halogens is 1. The van der Waals surface area contributed by atoms with Crippen molar-refractivity contribution in [1.29, 1.82) is 5.26 Å². The van der Waals surface area contributed by atoms with Gasteiger partial charge >= 0.3 is 0 Å². The molecule has 20 heavy (non-hydrogen) atoms. The lowest BCUT2D eigenvalue weighted by Crippen LogP contribution is -1.96. The van der Waals surface area contributed by atoms with Gasteiger partial charge in [-0.2, -0.15) is 5.26 Å². The molecule has 0 atom stereocenters. The van der Waals surface area contributed by atoms with E-state index in [0.29, 0.717) is 0 Å². The molecule has 0 bridgehead atoms. The maximum Gasteiger partial charge on any atom is 0.166 e. The van der Waals surface area contributed by atoms with Crippen LogP contribution in [0.4, 0.5) is 4.39 Å². The summed E-state index contributed by atoms with van der Waals surface area (Å²) in [7, 11) is 0. The molecule has 0 aliphatic rings. The van der Waals surface area contributed by atoms with Gasteiger partial charge in [-0.1, -0.05) is 12.2 Å². The van der Waals surface area contributed by atoms with E-state index in [1.54, 1.807) is 0 Å². The predicted octanol–water partition coefficient (Wildman–Crippen LogP) is 3.75. The number of aromatic amines is 1. The molecule has 0 aliphatic carbocycles. The summed E-state index contributed by atoms with van der Waals surface area (Å²) in [6.07, 6.45) is 1.50. The minimum atomic E-state index is -0.680. The molecular weight excluding hydrogens is 279 g/mol. The summed E-state index contributed by atoms with van der Waals surface area (Å²) in [4.78, 5) is 13.8. The highest BCUT2D eigenvalue weighted by molar-refractivity contribution is 7.71. The van der Waals surface area contributed by atoms with Crippen LogP contribution in [0.2, 0.25) is 0 Å². The van der Waals surface area contributed by atoms with Crippen molar-refractivity contribution in [2.75, 3.05) is 0 Å². The number of hydrogen-bond acceptors (Lipinski definition) is 4. The first kappa shape index (κ1) is 13.9. The zero-order valence-electron chi connectivity index (χ0n) is 10.4. The van der Waals surface area contributed by atoms with Crippen molar-refractivity contribution in [2.24, 2.45) is 0 Å². The number of carbonyl (C=O) groups excluding carboxylic acids is 1. The highest BCUT2D eigenvalue weighted by Crippen LogP contribution is 2.27. The summed E-state index contributed by atoms with van der Waals surface area (Å²) in [5.74, 6) is -0.839. The van der Waals surface area contributed by atoms with E-state index in [4.69, 9.17) is 22.2 Å². The molecule has 4 nitrogen and oxygen atoms in total. The van der Waals surface area contributed by atoms with Gasteiger partial charge in [0.1, 0.15) is 22.0 Å². The van der Waals surface area contributed by atoms with Crippen LogP contribution in [-0.2, 0) is 0 Å². The fourth-order valence-electron chi connectivity index (χ4n) is 1.57. The highest BCUT2D eigenvalue weighted by atomic mass is 32.1. The van der Waals surface area contributed by atoms with Crippen LogP contribution in [0.5, 0.6) is 11.5 Å². The SMILES string of the molecule is CC(=O)c1ccc(Oc2cc[nH]c(=S)c2C#N)c(F)c1. The van der Waals surface area contributed by atoms with Gasteiger partial charge in [0.25, 0.3) is 0 Å². The third kappa shape index (κ3) is 2.73. The summed E-state index contributed by atoms with van der Waals surface area (Å²) in [5, 5.41) is 9.01. The van der Waals surface area contributed by atoms with Gasteiger partial charge in [0.15, 0.2) is 17.3 Å². The summed E-state index contributed by atoms with van der Waals surface area (Å²) in [6.45, 7) is 1.35. The van der Waals surface area contributed by atoms with E-state index in [1.807, 2.05) is 6.07 Å². The van der Waals surface area contributed by atoms with Crippen LogP contribution in [0.3, 0.4) is 0 Å². The van der Waals surface area contributed by atoms with Gasteiger partial charge in [0, 0.05) is 11.8 Å². The van der Waals surface area contributed by atoms with Crippen LogP contribution in [-0.4, -0.2) is 10.8 Å². The van der Waals surface area contributed by atoms with E-state index >= 15 is 0 Å². The van der Waals surface area contributed by atoms with Crippen molar-refractivity contribution in [1.82, 2.24) is 4.98 Å². The number of ketones is 1. The molecule has 0 aliphatic heterocycles. The van der Waals surface area contributed by atoms with E-state index < -0.39 is 5.82 Å².